The van der Waals surface area contributed by atoms with E-state index in [0.29, 0.717) is 19.3 Å². The Balaban J connectivity index is 4.34. The van der Waals surface area contributed by atoms with E-state index in [9.17, 15) is 14.4 Å². The van der Waals surface area contributed by atoms with Crippen LogP contribution < -0.4 is 0 Å². The fraction of sp³-hybridized carbons (Fsp3) is 0.732. The van der Waals surface area contributed by atoms with Crippen LogP contribution in [0.5, 0.6) is 0 Å². The normalized spacial score (nSPS) is 12.7. The predicted molar refractivity (Wildman–Crippen MR) is 334 cm³/mol. The van der Waals surface area contributed by atoms with Crippen molar-refractivity contribution in [2.45, 2.75) is 322 Å². The molecule has 0 aromatic heterocycles. The Morgan fingerprint density at radius 2 is 0.506 bits per heavy atom. The zero-order valence-corrected chi connectivity index (χ0v) is 50.7. The second kappa shape index (κ2) is 64.9. The Labute approximate surface area is 477 Å². The van der Waals surface area contributed by atoms with Gasteiger partial charge in [-0.05, 0) is 116 Å². The maximum atomic E-state index is 12.9. The number of hydrogen-bond donors (Lipinski definition) is 0. The van der Waals surface area contributed by atoms with Crippen molar-refractivity contribution in [2.75, 3.05) is 13.2 Å². The number of rotatable bonds is 59. The molecule has 0 N–H and O–H groups in total. The van der Waals surface area contributed by atoms with Crippen molar-refractivity contribution >= 4 is 17.9 Å². The Morgan fingerprint density at radius 1 is 0.273 bits per heavy atom. The fourth-order valence-electron chi connectivity index (χ4n) is 9.21. The fourth-order valence-corrected chi connectivity index (χ4v) is 9.21. The summed E-state index contributed by atoms with van der Waals surface area (Å²) in [5.41, 5.74) is 0. The number of carbonyl (C=O) groups excluding carboxylic acids is 3. The molecule has 0 aliphatic carbocycles. The van der Waals surface area contributed by atoms with E-state index in [0.717, 1.165) is 122 Å². The van der Waals surface area contributed by atoms with Crippen molar-refractivity contribution in [1.29, 1.82) is 0 Å². The largest absolute Gasteiger partial charge is 0.462 e. The van der Waals surface area contributed by atoms with Gasteiger partial charge in [0, 0.05) is 19.3 Å². The second-order valence-corrected chi connectivity index (χ2v) is 21.6. The van der Waals surface area contributed by atoms with Gasteiger partial charge in [0.1, 0.15) is 13.2 Å². The lowest BCUT2D eigenvalue weighted by Gasteiger charge is -2.18. The predicted octanol–water partition coefficient (Wildman–Crippen LogP) is 22.4. The highest BCUT2D eigenvalue weighted by Crippen LogP contribution is 2.16. The summed E-state index contributed by atoms with van der Waals surface area (Å²) in [6.07, 6.45) is 87.0. The van der Waals surface area contributed by atoms with Gasteiger partial charge < -0.3 is 14.2 Å². The van der Waals surface area contributed by atoms with Crippen molar-refractivity contribution in [3.8, 4) is 0 Å². The summed E-state index contributed by atoms with van der Waals surface area (Å²) < 4.78 is 16.9. The van der Waals surface area contributed by atoms with E-state index in [2.05, 4.69) is 118 Å². The molecule has 0 saturated carbocycles. The van der Waals surface area contributed by atoms with Crippen molar-refractivity contribution in [1.82, 2.24) is 0 Å². The first-order valence-electron chi connectivity index (χ1n) is 32.7. The number of unbranched alkanes of at least 4 members (excludes halogenated alkanes) is 32. The van der Waals surface area contributed by atoms with Gasteiger partial charge in [0.15, 0.2) is 6.10 Å². The molecule has 6 nitrogen and oxygen atoms in total. The van der Waals surface area contributed by atoms with Gasteiger partial charge in [-0.3, -0.25) is 14.4 Å². The smallest absolute Gasteiger partial charge is 0.306 e. The van der Waals surface area contributed by atoms with E-state index < -0.39 is 6.10 Å². The van der Waals surface area contributed by atoms with Crippen molar-refractivity contribution in [2.24, 2.45) is 0 Å². The lowest BCUT2D eigenvalue weighted by Crippen LogP contribution is -2.30. The van der Waals surface area contributed by atoms with Gasteiger partial charge in [-0.1, -0.05) is 279 Å². The third kappa shape index (κ3) is 63.0. The van der Waals surface area contributed by atoms with E-state index >= 15 is 0 Å². The molecule has 1 unspecified atom stereocenters. The maximum absolute atomic E-state index is 12.9. The minimum atomic E-state index is -0.788. The van der Waals surface area contributed by atoms with Crippen LogP contribution >= 0.6 is 0 Å². The molecule has 77 heavy (non-hydrogen) atoms. The van der Waals surface area contributed by atoms with Crippen LogP contribution in [0.15, 0.2) is 97.2 Å². The van der Waals surface area contributed by atoms with Gasteiger partial charge in [-0.2, -0.15) is 0 Å². The summed E-state index contributed by atoms with van der Waals surface area (Å²) in [5, 5.41) is 0. The Morgan fingerprint density at radius 3 is 0.805 bits per heavy atom. The van der Waals surface area contributed by atoms with Gasteiger partial charge in [-0.15, -0.1) is 0 Å². The van der Waals surface area contributed by atoms with Gasteiger partial charge in [0.2, 0.25) is 0 Å². The topological polar surface area (TPSA) is 78.9 Å². The number of hydrogen-bond acceptors (Lipinski definition) is 6. The van der Waals surface area contributed by atoms with Crippen LogP contribution in [-0.4, -0.2) is 37.2 Å². The van der Waals surface area contributed by atoms with Crippen LogP contribution in [0.25, 0.3) is 0 Å². The highest BCUT2D eigenvalue weighted by molar-refractivity contribution is 5.71. The van der Waals surface area contributed by atoms with E-state index in [1.807, 2.05) is 0 Å². The molecule has 0 radical (unpaired) electrons. The van der Waals surface area contributed by atoms with Crippen LogP contribution in [0.3, 0.4) is 0 Å². The first-order valence-corrected chi connectivity index (χ1v) is 32.7. The highest BCUT2D eigenvalue weighted by Gasteiger charge is 2.19. The van der Waals surface area contributed by atoms with Gasteiger partial charge >= 0.3 is 17.9 Å². The molecule has 0 bridgehead atoms. The molecule has 0 aliphatic rings. The third-order valence-electron chi connectivity index (χ3n) is 14.1. The number of esters is 3. The minimum absolute atomic E-state index is 0.0837. The van der Waals surface area contributed by atoms with Gasteiger partial charge in [0.05, 0.1) is 0 Å². The van der Waals surface area contributed by atoms with Crippen LogP contribution in [0.4, 0.5) is 0 Å². The van der Waals surface area contributed by atoms with Gasteiger partial charge in [0.25, 0.3) is 0 Å². The van der Waals surface area contributed by atoms with Crippen LogP contribution in [0.1, 0.15) is 316 Å². The lowest BCUT2D eigenvalue weighted by atomic mass is 10.0. The monoisotopic (exact) mass is 1070 g/mol. The van der Waals surface area contributed by atoms with E-state index in [1.54, 1.807) is 0 Å². The Hall–Kier alpha value is -3.67. The lowest BCUT2D eigenvalue weighted by molar-refractivity contribution is -0.167. The summed E-state index contributed by atoms with van der Waals surface area (Å²) in [6, 6.07) is 0. The molecule has 6 heteroatoms. The van der Waals surface area contributed by atoms with Crippen LogP contribution in [-0.2, 0) is 28.6 Å². The number of ether oxygens (including phenoxy) is 3. The Bertz CT molecular complexity index is 1510. The summed E-state index contributed by atoms with van der Waals surface area (Å²) in [5.74, 6) is -0.893. The average Bonchev–Trinajstić information content (AvgIpc) is 3.43. The van der Waals surface area contributed by atoms with Crippen molar-refractivity contribution in [3.05, 3.63) is 97.2 Å². The maximum Gasteiger partial charge on any atom is 0.306 e. The van der Waals surface area contributed by atoms with E-state index in [1.165, 1.54) is 154 Å². The number of allylic oxidation sites excluding steroid dienone is 16. The molecule has 0 heterocycles. The summed E-state index contributed by atoms with van der Waals surface area (Å²) in [6.45, 7) is 6.43. The molecular weight excluding hydrogens is 949 g/mol. The average molecular weight is 1070 g/mol. The molecular formula is C71H122O6. The second-order valence-electron chi connectivity index (χ2n) is 21.6. The molecule has 442 valence electrons. The van der Waals surface area contributed by atoms with Crippen molar-refractivity contribution < 1.29 is 28.6 Å². The molecule has 0 spiro atoms. The molecule has 0 saturated heterocycles. The highest BCUT2D eigenvalue weighted by atomic mass is 16.6. The number of carbonyl (C=O) groups is 3. The summed E-state index contributed by atoms with van der Waals surface area (Å²) >= 11 is 0. The molecule has 0 fully saturated rings. The van der Waals surface area contributed by atoms with Crippen molar-refractivity contribution in [3.63, 3.8) is 0 Å². The standard InChI is InChI=1S/C71H122O6/c1-4-7-10-13-16-19-22-25-28-30-32-33-34-35-36-37-39-40-43-46-49-52-55-58-61-64-70(73)76-67-68(66-75-69(72)63-60-57-54-51-48-45-42-27-24-21-18-15-12-9-6-3)77-71(74)65-62-59-56-53-50-47-44-41-38-31-29-26-23-20-17-14-11-8-5-2/h7,9-10,12,16,18-19,21,25-29,32-33,42,68H,4-6,8,11,13-15,17,20,22-24,30-31,34-41,43-67H2,1-3H3/b10-7-,12-9-,19-16-,21-18-,28-25-,29-26-,33-32-,42-27-. The van der Waals surface area contributed by atoms with Crippen LogP contribution in [0, 0.1) is 0 Å². The van der Waals surface area contributed by atoms with E-state index in [4.69, 9.17) is 14.2 Å². The molecule has 0 aromatic carbocycles. The molecule has 0 aliphatic heterocycles. The van der Waals surface area contributed by atoms with E-state index in [-0.39, 0.29) is 31.1 Å². The van der Waals surface area contributed by atoms with Crippen LogP contribution in [0.2, 0.25) is 0 Å². The zero-order chi connectivity index (χ0) is 55.7. The molecule has 0 rings (SSSR count). The third-order valence-corrected chi connectivity index (χ3v) is 14.1. The SMILES string of the molecule is CC/C=C\C/C=C\C/C=C\C/C=C\CCCCCCCCCCCCCCC(=O)OCC(COC(=O)CCCCCCC/C=C\C/C=C\C/C=C\CC)OC(=O)CCCCCCCCCCC/C=C\CCCCCCCC. The first kappa shape index (κ1) is 73.3. The quantitative estimate of drug-likeness (QED) is 0.0261. The Kier molecular flexibility index (Phi) is 61.8. The zero-order valence-electron chi connectivity index (χ0n) is 50.7. The minimum Gasteiger partial charge on any atom is -0.462 e. The molecule has 0 amide bonds. The molecule has 1 atom stereocenters. The van der Waals surface area contributed by atoms with Gasteiger partial charge in [-0.25, -0.2) is 0 Å². The molecule has 0 aromatic rings. The summed E-state index contributed by atoms with van der Waals surface area (Å²) in [7, 11) is 0. The first-order chi connectivity index (χ1) is 38.0. The summed E-state index contributed by atoms with van der Waals surface area (Å²) in [4.78, 5) is 38.4.